The number of hydrogen-bond acceptors (Lipinski definition) is 4. The van der Waals surface area contributed by atoms with Gasteiger partial charge in [0, 0.05) is 13.6 Å². The van der Waals surface area contributed by atoms with Gasteiger partial charge in [-0.3, -0.25) is 9.78 Å². The third-order valence-electron chi connectivity index (χ3n) is 2.60. The van der Waals surface area contributed by atoms with Gasteiger partial charge in [0.1, 0.15) is 17.3 Å². The molecule has 0 atom stereocenters. The van der Waals surface area contributed by atoms with Gasteiger partial charge >= 0.3 is 0 Å². The van der Waals surface area contributed by atoms with Crippen LogP contribution in [-0.2, 0) is 6.54 Å². The topological polar surface area (TPSA) is 72.1 Å². The number of nitrogens with two attached hydrogens (primary N) is 1. The molecule has 0 aliphatic heterocycles. The van der Waals surface area contributed by atoms with E-state index in [2.05, 4.69) is 9.97 Å². The largest absolute Gasteiger partial charge is 0.364 e. The van der Waals surface area contributed by atoms with Gasteiger partial charge < -0.3 is 10.6 Å². The maximum Gasteiger partial charge on any atom is 0.268 e. The van der Waals surface area contributed by atoms with E-state index in [9.17, 15) is 9.18 Å². The minimum absolute atomic E-state index is 0.114. The van der Waals surface area contributed by atoms with Crippen molar-refractivity contribution in [1.29, 1.82) is 0 Å². The van der Waals surface area contributed by atoms with Gasteiger partial charge in [-0.05, 0) is 17.7 Å². The van der Waals surface area contributed by atoms with Crippen molar-refractivity contribution in [2.75, 3.05) is 11.9 Å². The number of carbonyl (C=O) groups is 1. The van der Waals surface area contributed by atoms with E-state index >= 15 is 0 Å². The van der Waals surface area contributed by atoms with Gasteiger partial charge in [-0.15, -0.1) is 0 Å². The average Bonchev–Trinajstić information content (AvgIpc) is 2.41. The number of rotatable bonds is 4. The van der Waals surface area contributed by atoms with E-state index in [0.29, 0.717) is 12.4 Å². The first-order valence-corrected chi connectivity index (χ1v) is 5.63. The summed E-state index contributed by atoms with van der Waals surface area (Å²) in [5.74, 6) is -0.368. The molecule has 0 unspecified atom stereocenters. The Kier molecular flexibility index (Phi) is 3.70. The average molecular weight is 260 g/mol. The number of anilines is 1. The third-order valence-corrected chi connectivity index (χ3v) is 2.60. The van der Waals surface area contributed by atoms with Gasteiger partial charge in [0.25, 0.3) is 5.91 Å². The molecular formula is C13H13FN4O. The second kappa shape index (κ2) is 5.43. The molecule has 0 aliphatic rings. The first-order valence-electron chi connectivity index (χ1n) is 5.63. The lowest BCUT2D eigenvalue weighted by Crippen LogP contribution is -2.20. The molecule has 19 heavy (non-hydrogen) atoms. The first kappa shape index (κ1) is 12.9. The number of benzene rings is 1. The molecule has 0 bridgehead atoms. The second-order valence-corrected chi connectivity index (χ2v) is 4.11. The standard InChI is InChI=1S/C13H13FN4O/c1-18(8-9-2-4-10(14)5-3-9)12-7-16-6-11(17-12)13(15)19/h2-7H,8H2,1H3,(H2,15,19). The molecular weight excluding hydrogens is 247 g/mol. The number of carbonyl (C=O) groups excluding carboxylic acids is 1. The Morgan fingerprint density at radius 2 is 2.00 bits per heavy atom. The molecule has 1 aromatic carbocycles. The van der Waals surface area contributed by atoms with Crippen molar-refractivity contribution in [1.82, 2.24) is 9.97 Å². The van der Waals surface area contributed by atoms with E-state index in [1.54, 1.807) is 24.1 Å². The molecule has 5 nitrogen and oxygen atoms in total. The highest BCUT2D eigenvalue weighted by Crippen LogP contribution is 2.12. The van der Waals surface area contributed by atoms with E-state index in [4.69, 9.17) is 5.73 Å². The SMILES string of the molecule is CN(Cc1ccc(F)cc1)c1cncc(C(N)=O)n1. The van der Waals surface area contributed by atoms with Crippen molar-refractivity contribution >= 4 is 11.7 Å². The van der Waals surface area contributed by atoms with Crippen molar-refractivity contribution in [3.05, 3.63) is 53.7 Å². The van der Waals surface area contributed by atoms with Crippen molar-refractivity contribution in [3.63, 3.8) is 0 Å². The van der Waals surface area contributed by atoms with Gasteiger partial charge in [-0.2, -0.15) is 0 Å². The maximum absolute atomic E-state index is 12.8. The van der Waals surface area contributed by atoms with Gasteiger partial charge in [0.2, 0.25) is 0 Å². The number of hydrogen-bond donors (Lipinski definition) is 1. The summed E-state index contributed by atoms with van der Waals surface area (Å²) in [6, 6.07) is 6.18. The zero-order valence-electron chi connectivity index (χ0n) is 10.4. The minimum Gasteiger partial charge on any atom is -0.364 e. The molecule has 1 amide bonds. The van der Waals surface area contributed by atoms with Crippen molar-refractivity contribution in [2.45, 2.75) is 6.54 Å². The quantitative estimate of drug-likeness (QED) is 0.900. The molecule has 1 aromatic heterocycles. The summed E-state index contributed by atoms with van der Waals surface area (Å²) >= 11 is 0. The summed E-state index contributed by atoms with van der Waals surface area (Å²) in [4.78, 5) is 20.8. The van der Waals surface area contributed by atoms with Gasteiger partial charge in [-0.25, -0.2) is 9.37 Å². The van der Waals surface area contributed by atoms with E-state index in [-0.39, 0.29) is 11.5 Å². The predicted molar refractivity (Wildman–Crippen MR) is 69.1 cm³/mol. The Labute approximate surface area is 109 Å². The molecule has 0 spiro atoms. The number of primary amides is 1. The second-order valence-electron chi connectivity index (χ2n) is 4.11. The van der Waals surface area contributed by atoms with Crippen LogP contribution in [0.1, 0.15) is 16.1 Å². The van der Waals surface area contributed by atoms with Crippen LogP contribution in [0.4, 0.5) is 10.2 Å². The van der Waals surface area contributed by atoms with Crippen molar-refractivity contribution in [3.8, 4) is 0 Å². The summed E-state index contributed by atoms with van der Waals surface area (Å²) < 4.78 is 12.8. The fourth-order valence-electron chi connectivity index (χ4n) is 1.60. The molecule has 0 saturated carbocycles. The zero-order valence-corrected chi connectivity index (χ0v) is 10.4. The predicted octanol–water partition coefficient (Wildman–Crippen LogP) is 1.35. The van der Waals surface area contributed by atoms with Crippen LogP contribution in [0.15, 0.2) is 36.7 Å². The Morgan fingerprint density at radius 1 is 1.32 bits per heavy atom. The Bertz CT molecular complexity index is 585. The fourth-order valence-corrected chi connectivity index (χ4v) is 1.60. The molecule has 0 saturated heterocycles. The molecule has 0 fully saturated rings. The van der Waals surface area contributed by atoms with Gasteiger partial charge in [-0.1, -0.05) is 12.1 Å². The van der Waals surface area contributed by atoms with Crippen LogP contribution in [0.3, 0.4) is 0 Å². The first-order chi connectivity index (χ1) is 9.06. The molecule has 6 heteroatoms. The van der Waals surface area contributed by atoms with E-state index in [0.717, 1.165) is 5.56 Å². The van der Waals surface area contributed by atoms with Crippen molar-refractivity contribution in [2.24, 2.45) is 5.73 Å². The number of amides is 1. The van der Waals surface area contributed by atoms with E-state index < -0.39 is 5.91 Å². The highest BCUT2D eigenvalue weighted by atomic mass is 19.1. The molecule has 2 aromatic rings. The molecule has 0 radical (unpaired) electrons. The van der Waals surface area contributed by atoms with Crippen LogP contribution in [0, 0.1) is 5.82 Å². The van der Waals surface area contributed by atoms with Crippen LogP contribution < -0.4 is 10.6 Å². The molecule has 1 heterocycles. The lowest BCUT2D eigenvalue weighted by molar-refractivity contribution is 0.0995. The number of aromatic nitrogens is 2. The minimum atomic E-state index is -0.621. The van der Waals surface area contributed by atoms with E-state index in [1.807, 2.05) is 0 Å². The van der Waals surface area contributed by atoms with Crippen LogP contribution in [-0.4, -0.2) is 22.9 Å². The van der Waals surface area contributed by atoms with Crippen LogP contribution in [0.5, 0.6) is 0 Å². The number of halogens is 1. The lowest BCUT2D eigenvalue weighted by Gasteiger charge is -2.18. The summed E-state index contributed by atoms with van der Waals surface area (Å²) in [6.45, 7) is 0.525. The smallest absolute Gasteiger partial charge is 0.268 e. The summed E-state index contributed by atoms with van der Waals surface area (Å²) in [5.41, 5.74) is 6.19. The summed E-state index contributed by atoms with van der Waals surface area (Å²) in [7, 11) is 1.80. The fraction of sp³-hybridized carbons (Fsp3) is 0.154. The Morgan fingerprint density at radius 3 is 2.63 bits per heavy atom. The van der Waals surface area contributed by atoms with Crippen LogP contribution >= 0.6 is 0 Å². The Hall–Kier alpha value is -2.50. The Balaban J connectivity index is 2.15. The van der Waals surface area contributed by atoms with Crippen molar-refractivity contribution < 1.29 is 9.18 Å². The normalized spacial score (nSPS) is 10.2. The summed E-state index contributed by atoms with van der Waals surface area (Å²) in [5, 5.41) is 0. The third kappa shape index (κ3) is 3.25. The van der Waals surface area contributed by atoms with E-state index in [1.165, 1.54) is 24.5 Å². The molecule has 2 rings (SSSR count). The highest BCUT2D eigenvalue weighted by molar-refractivity contribution is 5.90. The summed E-state index contributed by atoms with van der Waals surface area (Å²) in [6.07, 6.45) is 2.85. The molecule has 2 N–H and O–H groups in total. The highest BCUT2D eigenvalue weighted by Gasteiger charge is 2.08. The molecule has 98 valence electrons. The lowest BCUT2D eigenvalue weighted by atomic mass is 10.2. The monoisotopic (exact) mass is 260 g/mol. The van der Waals surface area contributed by atoms with Crippen LogP contribution in [0.2, 0.25) is 0 Å². The van der Waals surface area contributed by atoms with Gasteiger partial charge in [0.15, 0.2) is 0 Å². The number of nitrogens with zero attached hydrogens (tertiary/aromatic N) is 3. The maximum atomic E-state index is 12.8. The van der Waals surface area contributed by atoms with Crippen LogP contribution in [0.25, 0.3) is 0 Å². The zero-order chi connectivity index (χ0) is 13.8. The van der Waals surface area contributed by atoms with Gasteiger partial charge in [0.05, 0.1) is 12.4 Å². The molecule has 0 aliphatic carbocycles.